The zero-order chi connectivity index (χ0) is 21.3. The van der Waals surface area contributed by atoms with Crippen LogP contribution in [0.5, 0.6) is 0 Å². The van der Waals surface area contributed by atoms with E-state index >= 15 is 0 Å². The lowest BCUT2D eigenvalue weighted by molar-refractivity contribution is -0.121. The van der Waals surface area contributed by atoms with Gasteiger partial charge < -0.3 is 10.1 Å². The molecule has 0 saturated heterocycles. The number of aryl methyl sites for hydroxylation is 1. The highest BCUT2D eigenvalue weighted by molar-refractivity contribution is 9.10. The standard InChI is InChI=1S/C21H27BrN2O4S/c1-3-28-14-4-13-23-21(25)16-24(15-18-7-9-19(22)10-8-18)29(26,27)20-11-5-17(2)6-12-20/h5-12H,3-4,13-16H2,1-2H3,(H,23,25). The molecule has 158 valence electrons. The van der Waals surface area contributed by atoms with Gasteiger partial charge in [0.05, 0.1) is 11.4 Å². The average molecular weight is 483 g/mol. The third-order valence-corrected chi connectivity index (χ3v) is 6.58. The molecule has 0 saturated carbocycles. The van der Waals surface area contributed by atoms with Crippen molar-refractivity contribution in [2.75, 3.05) is 26.3 Å². The summed E-state index contributed by atoms with van der Waals surface area (Å²) in [7, 11) is -3.82. The quantitative estimate of drug-likeness (QED) is 0.497. The first kappa shape index (κ1) is 23.5. The highest BCUT2D eigenvalue weighted by Crippen LogP contribution is 2.20. The Morgan fingerprint density at radius 1 is 1.10 bits per heavy atom. The largest absolute Gasteiger partial charge is 0.382 e. The van der Waals surface area contributed by atoms with Crippen LogP contribution in [-0.2, 0) is 26.1 Å². The van der Waals surface area contributed by atoms with Crippen molar-refractivity contribution >= 4 is 31.9 Å². The summed E-state index contributed by atoms with van der Waals surface area (Å²) in [5, 5.41) is 2.77. The maximum Gasteiger partial charge on any atom is 0.243 e. The van der Waals surface area contributed by atoms with E-state index in [0.717, 1.165) is 15.6 Å². The summed E-state index contributed by atoms with van der Waals surface area (Å²) in [5.41, 5.74) is 1.77. The molecule has 2 rings (SSSR count). The van der Waals surface area contributed by atoms with E-state index in [1.807, 2.05) is 38.1 Å². The molecule has 0 aliphatic heterocycles. The summed E-state index contributed by atoms with van der Waals surface area (Å²) < 4.78 is 33.7. The van der Waals surface area contributed by atoms with Crippen LogP contribution in [0.15, 0.2) is 57.9 Å². The number of halogens is 1. The molecule has 0 unspecified atom stereocenters. The van der Waals surface area contributed by atoms with Crippen molar-refractivity contribution in [1.29, 1.82) is 0 Å². The molecule has 29 heavy (non-hydrogen) atoms. The van der Waals surface area contributed by atoms with Gasteiger partial charge in [-0.1, -0.05) is 45.8 Å². The lowest BCUT2D eigenvalue weighted by Gasteiger charge is -2.22. The predicted molar refractivity (Wildman–Crippen MR) is 117 cm³/mol. The number of rotatable bonds is 11. The zero-order valence-corrected chi connectivity index (χ0v) is 19.1. The van der Waals surface area contributed by atoms with Gasteiger partial charge >= 0.3 is 0 Å². The number of amides is 1. The molecule has 0 bridgehead atoms. The number of ether oxygens (including phenoxy) is 1. The maximum absolute atomic E-state index is 13.2. The molecule has 0 radical (unpaired) electrons. The van der Waals surface area contributed by atoms with Crippen molar-refractivity contribution in [3.8, 4) is 0 Å². The molecule has 6 nitrogen and oxygen atoms in total. The first-order valence-electron chi connectivity index (χ1n) is 9.48. The fourth-order valence-electron chi connectivity index (χ4n) is 2.64. The van der Waals surface area contributed by atoms with Gasteiger partial charge in [0.25, 0.3) is 0 Å². The third-order valence-electron chi connectivity index (χ3n) is 4.24. The van der Waals surface area contributed by atoms with E-state index in [-0.39, 0.29) is 23.9 Å². The van der Waals surface area contributed by atoms with E-state index in [2.05, 4.69) is 21.2 Å². The summed E-state index contributed by atoms with van der Waals surface area (Å²) in [4.78, 5) is 12.6. The molecule has 0 heterocycles. The van der Waals surface area contributed by atoms with Gasteiger partial charge in [-0.15, -0.1) is 0 Å². The number of hydrogen-bond donors (Lipinski definition) is 1. The molecular weight excluding hydrogens is 456 g/mol. The smallest absolute Gasteiger partial charge is 0.243 e. The Hall–Kier alpha value is -1.74. The van der Waals surface area contributed by atoms with Crippen LogP contribution in [0.25, 0.3) is 0 Å². The number of nitrogens with one attached hydrogen (secondary N) is 1. The minimum atomic E-state index is -3.82. The minimum Gasteiger partial charge on any atom is -0.382 e. The van der Waals surface area contributed by atoms with Crippen LogP contribution >= 0.6 is 15.9 Å². The second kappa shape index (κ2) is 11.4. The number of nitrogens with zero attached hydrogens (tertiary/aromatic N) is 1. The number of hydrogen-bond acceptors (Lipinski definition) is 4. The normalized spacial score (nSPS) is 11.6. The van der Waals surface area contributed by atoms with Crippen LogP contribution in [0.3, 0.4) is 0 Å². The Labute approximate surface area is 181 Å². The first-order valence-corrected chi connectivity index (χ1v) is 11.7. The molecule has 8 heteroatoms. The predicted octanol–water partition coefficient (Wildman–Crippen LogP) is 3.49. The minimum absolute atomic E-state index is 0.107. The molecule has 0 atom stereocenters. The van der Waals surface area contributed by atoms with Crippen LogP contribution in [0.2, 0.25) is 0 Å². The third kappa shape index (κ3) is 7.54. The monoisotopic (exact) mass is 482 g/mol. The van der Waals surface area contributed by atoms with Crippen LogP contribution in [0.1, 0.15) is 24.5 Å². The molecule has 0 fully saturated rings. The summed E-state index contributed by atoms with van der Waals surface area (Å²) in [5.74, 6) is -0.339. The van der Waals surface area contributed by atoms with E-state index in [1.54, 1.807) is 24.3 Å². The van der Waals surface area contributed by atoms with Crippen LogP contribution in [0, 0.1) is 6.92 Å². The topological polar surface area (TPSA) is 75.7 Å². The van der Waals surface area contributed by atoms with Gasteiger partial charge in [0.15, 0.2) is 0 Å². The van der Waals surface area contributed by atoms with Crippen LogP contribution in [-0.4, -0.2) is 44.9 Å². The van der Waals surface area contributed by atoms with Gasteiger partial charge in [0, 0.05) is 30.8 Å². The second-order valence-electron chi connectivity index (χ2n) is 6.61. The Morgan fingerprint density at radius 2 is 1.76 bits per heavy atom. The van der Waals surface area contributed by atoms with Crippen molar-refractivity contribution < 1.29 is 17.9 Å². The SMILES string of the molecule is CCOCCCNC(=O)CN(Cc1ccc(Br)cc1)S(=O)(=O)c1ccc(C)cc1. The van der Waals surface area contributed by atoms with Crippen molar-refractivity contribution in [3.63, 3.8) is 0 Å². The lowest BCUT2D eigenvalue weighted by Crippen LogP contribution is -2.40. The Kier molecular flexibility index (Phi) is 9.29. The van der Waals surface area contributed by atoms with Crippen molar-refractivity contribution in [3.05, 3.63) is 64.1 Å². The average Bonchev–Trinajstić information content (AvgIpc) is 2.69. The number of carbonyl (C=O) groups is 1. The van der Waals surface area contributed by atoms with E-state index in [4.69, 9.17) is 4.74 Å². The molecule has 1 amide bonds. The highest BCUT2D eigenvalue weighted by atomic mass is 79.9. The molecule has 0 aliphatic rings. The fourth-order valence-corrected chi connectivity index (χ4v) is 4.29. The molecule has 1 N–H and O–H groups in total. The van der Waals surface area contributed by atoms with Gasteiger partial charge in [0.2, 0.25) is 15.9 Å². The molecule has 2 aromatic rings. The Bertz CT molecular complexity index is 884. The first-order chi connectivity index (χ1) is 13.8. The number of sulfonamides is 1. The lowest BCUT2D eigenvalue weighted by atomic mass is 10.2. The fraction of sp³-hybridized carbons (Fsp3) is 0.381. The summed E-state index contributed by atoms with van der Waals surface area (Å²) in [6.07, 6.45) is 0.678. The summed E-state index contributed by atoms with van der Waals surface area (Å²) >= 11 is 3.38. The molecule has 0 aliphatic carbocycles. The van der Waals surface area contributed by atoms with E-state index in [0.29, 0.717) is 26.2 Å². The van der Waals surface area contributed by atoms with Crippen LogP contribution < -0.4 is 5.32 Å². The zero-order valence-electron chi connectivity index (χ0n) is 16.7. The second-order valence-corrected chi connectivity index (χ2v) is 9.47. The van der Waals surface area contributed by atoms with Gasteiger partial charge in [0.1, 0.15) is 0 Å². The molecule has 0 aromatic heterocycles. The summed E-state index contributed by atoms with van der Waals surface area (Å²) in [6.45, 7) is 5.29. The summed E-state index contributed by atoms with van der Waals surface area (Å²) in [6, 6.07) is 14.0. The van der Waals surface area contributed by atoms with Gasteiger partial charge in [-0.05, 0) is 50.1 Å². The molecular formula is C21H27BrN2O4S. The Morgan fingerprint density at radius 3 is 2.38 bits per heavy atom. The van der Waals surface area contributed by atoms with E-state index in [9.17, 15) is 13.2 Å². The van der Waals surface area contributed by atoms with Gasteiger partial charge in [-0.25, -0.2) is 8.42 Å². The van der Waals surface area contributed by atoms with Crippen molar-refractivity contribution in [2.45, 2.75) is 31.7 Å². The molecule has 2 aromatic carbocycles. The maximum atomic E-state index is 13.2. The number of benzene rings is 2. The van der Waals surface area contributed by atoms with Crippen LogP contribution in [0.4, 0.5) is 0 Å². The molecule has 0 spiro atoms. The number of carbonyl (C=O) groups excluding carboxylic acids is 1. The van der Waals surface area contributed by atoms with Gasteiger partial charge in [-0.3, -0.25) is 4.79 Å². The van der Waals surface area contributed by atoms with Gasteiger partial charge in [-0.2, -0.15) is 4.31 Å². The van der Waals surface area contributed by atoms with E-state index < -0.39 is 10.0 Å². The highest BCUT2D eigenvalue weighted by Gasteiger charge is 2.26. The van der Waals surface area contributed by atoms with Crippen molar-refractivity contribution in [1.82, 2.24) is 9.62 Å². The Balaban J connectivity index is 2.15. The van der Waals surface area contributed by atoms with Crippen molar-refractivity contribution in [2.24, 2.45) is 0 Å². The van der Waals surface area contributed by atoms with E-state index in [1.165, 1.54) is 4.31 Å².